The van der Waals surface area contributed by atoms with Crippen molar-refractivity contribution in [2.45, 2.75) is 37.8 Å². The Labute approximate surface area is 96.8 Å². The molecule has 4 heteroatoms. The Kier molecular flexibility index (Phi) is 2.86. The lowest BCUT2D eigenvalue weighted by Crippen LogP contribution is -2.57. The molecule has 0 radical (unpaired) electrons. The third-order valence-corrected chi connectivity index (χ3v) is 4.19. The first-order valence-electron chi connectivity index (χ1n) is 6.58. The molecule has 90 valence electrons. The molecule has 2 N–H and O–H groups in total. The average Bonchev–Trinajstić information content (AvgIpc) is 2.81. The molecular weight excluding hydrogens is 202 g/mol. The number of amides is 1. The molecule has 16 heavy (non-hydrogen) atoms. The third-order valence-electron chi connectivity index (χ3n) is 4.19. The molecule has 3 fully saturated rings. The van der Waals surface area contributed by atoms with Crippen molar-refractivity contribution in [3.05, 3.63) is 0 Å². The summed E-state index contributed by atoms with van der Waals surface area (Å²) in [4.78, 5) is 14.4. The summed E-state index contributed by atoms with van der Waals surface area (Å²) >= 11 is 0. The minimum atomic E-state index is 0.110. The van der Waals surface area contributed by atoms with Crippen molar-refractivity contribution in [3.63, 3.8) is 0 Å². The molecule has 0 aromatic heterocycles. The number of nitrogens with zero attached hydrogens (tertiary/aromatic N) is 1. The second kappa shape index (κ2) is 4.34. The zero-order valence-corrected chi connectivity index (χ0v) is 9.74. The van der Waals surface area contributed by atoms with Crippen LogP contribution in [0.1, 0.15) is 25.7 Å². The third kappa shape index (κ3) is 1.96. The Morgan fingerprint density at radius 1 is 1.12 bits per heavy atom. The Balaban J connectivity index is 1.63. The van der Waals surface area contributed by atoms with Gasteiger partial charge in [0.2, 0.25) is 5.91 Å². The molecule has 0 saturated carbocycles. The predicted molar refractivity (Wildman–Crippen MR) is 62.1 cm³/mol. The second-order valence-corrected chi connectivity index (χ2v) is 5.43. The first-order valence-corrected chi connectivity index (χ1v) is 6.58. The number of carbonyl (C=O) groups excluding carboxylic acids is 1. The fourth-order valence-electron chi connectivity index (χ4n) is 3.35. The van der Waals surface area contributed by atoms with Crippen molar-refractivity contribution in [1.82, 2.24) is 15.5 Å². The zero-order valence-electron chi connectivity index (χ0n) is 9.74. The monoisotopic (exact) mass is 223 g/mol. The van der Waals surface area contributed by atoms with Crippen LogP contribution in [-0.4, -0.2) is 49.1 Å². The normalized spacial score (nSPS) is 38.8. The lowest BCUT2D eigenvalue weighted by molar-refractivity contribution is -0.136. The Bertz CT molecular complexity index is 263. The van der Waals surface area contributed by atoms with Crippen molar-refractivity contribution in [2.75, 3.05) is 26.2 Å². The number of piperidine rings is 2. The Morgan fingerprint density at radius 2 is 2.06 bits per heavy atom. The van der Waals surface area contributed by atoms with Crippen LogP contribution >= 0.6 is 0 Å². The minimum absolute atomic E-state index is 0.110. The lowest BCUT2D eigenvalue weighted by Gasteiger charge is -2.42. The van der Waals surface area contributed by atoms with Crippen LogP contribution in [0.4, 0.5) is 0 Å². The van der Waals surface area contributed by atoms with Crippen LogP contribution in [-0.2, 0) is 4.79 Å². The van der Waals surface area contributed by atoms with Gasteiger partial charge in [-0.3, -0.25) is 4.79 Å². The summed E-state index contributed by atoms with van der Waals surface area (Å²) in [5, 5.41) is 6.82. The summed E-state index contributed by atoms with van der Waals surface area (Å²) in [6.07, 6.45) is 4.67. The van der Waals surface area contributed by atoms with Crippen LogP contribution in [0.5, 0.6) is 0 Å². The molecule has 0 aromatic carbocycles. The molecule has 3 aliphatic rings. The van der Waals surface area contributed by atoms with Crippen molar-refractivity contribution < 1.29 is 4.79 Å². The number of hydrogen-bond donors (Lipinski definition) is 2. The van der Waals surface area contributed by atoms with Gasteiger partial charge in [-0.25, -0.2) is 0 Å². The van der Waals surface area contributed by atoms with Gasteiger partial charge in [0.1, 0.15) is 0 Å². The quantitative estimate of drug-likeness (QED) is 0.655. The molecule has 2 unspecified atom stereocenters. The van der Waals surface area contributed by atoms with Gasteiger partial charge in [-0.15, -0.1) is 0 Å². The molecule has 1 amide bonds. The predicted octanol–water partition coefficient (Wildman–Crippen LogP) is -0.0512. The largest absolute Gasteiger partial charge is 0.340 e. The van der Waals surface area contributed by atoms with Crippen LogP contribution in [0.15, 0.2) is 0 Å². The highest BCUT2D eigenvalue weighted by Gasteiger charge is 2.35. The van der Waals surface area contributed by atoms with E-state index in [-0.39, 0.29) is 6.04 Å². The highest BCUT2D eigenvalue weighted by Crippen LogP contribution is 2.24. The van der Waals surface area contributed by atoms with E-state index in [1.165, 1.54) is 12.8 Å². The summed E-state index contributed by atoms with van der Waals surface area (Å²) in [7, 11) is 0. The molecular formula is C12H21N3O. The molecule has 3 rings (SSSR count). The van der Waals surface area contributed by atoms with Gasteiger partial charge in [-0.2, -0.15) is 0 Å². The fraction of sp³-hybridized carbons (Fsp3) is 0.917. The van der Waals surface area contributed by atoms with E-state index in [4.69, 9.17) is 0 Å². The topological polar surface area (TPSA) is 44.4 Å². The molecule has 2 bridgehead atoms. The van der Waals surface area contributed by atoms with E-state index < -0.39 is 0 Å². The lowest BCUT2D eigenvalue weighted by atomic mass is 9.87. The Morgan fingerprint density at radius 3 is 2.81 bits per heavy atom. The van der Waals surface area contributed by atoms with Crippen molar-refractivity contribution in [1.29, 1.82) is 0 Å². The van der Waals surface area contributed by atoms with Crippen LogP contribution in [0.2, 0.25) is 0 Å². The maximum absolute atomic E-state index is 12.3. The number of rotatable bonds is 1. The second-order valence-electron chi connectivity index (χ2n) is 5.43. The van der Waals surface area contributed by atoms with Gasteiger partial charge < -0.3 is 15.5 Å². The van der Waals surface area contributed by atoms with E-state index >= 15 is 0 Å². The molecule has 0 aliphatic carbocycles. The zero-order chi connectivity index (χ0) is 11.0. The van der Waals surface area contributed by atoms with Crippen LogP contribution in [0, 0.1) is 5.92 Å². The van der Waals surface area contributed by atoms with E-state index in [0.29, 0.717) is 11.9 Å². The van der Waals surface area contributed by atoms with Gasteiger partial charge in [0, 0.05) is 19.1 Å². The van der Waals surface area contributed by atoms with Gasteiger partial charge >= 0.3 is 0 Å². The molecule has 3 atom stereocenters. The highest BCUT2D eigenvalue weighted by molar-refractivity contribution is 5.82. The molecule has 0 spiro atoms. The van der Waals surface area contributed by atoms with Gasteiger partial charge in [0.25, 0.3) is 0 Å². The molecule has 3 saturated heterocycles. The van der Waals surface area contributed by atoms with E-state index in [9.17, 15) is 4.79 Å². The first-order chi connectivity index (χ1) is 7.83. The fourth-order valence-corrected chi connectivity index (χ4v) is 3.35. The van der Waals surface area contributed by atoms with Gasteiger partial charge in [-0.1, -0.05) is 0 Å². The Hall–Kier alpha value is -0.610. The molecule has 3 heterocycles. The molecule has 0 aromatic rings. The molecule has 4 nitrogen and oxygen atoms in total. The molecule has 3 aliphatic heterocycles. The summed E-state index contributed by atoms with van der Waals surface area (Å²) in [5.41, 5.74) is 0. The van der Waals surface area contributed by atoms with E-state index in [0.717, 1.165) is 44.9 Å². The van der Waals surface area contributed by atoms with Crippen molar-refractivity contribution >= 4 is 5.91 Å². The minimum Gasteiger partial charge on any atom is -0.340 e. The number of likely N-dealkylation sites (tertiary alicyclic amines) is 1. The number of fused-ring (bicyclic) bond motifs is 2. The van der Waals surface area contributed by atoms with Crippen molar-refractivity contribution in [2.24, 2.45) is 5.92 Å². The standard InChI is InChI=1S/C12H21N3O/c16-12(11-2-1-4-14-11)15-7-9-3-5-13-10(6-9)8-15/h9-11,13-14H,1-8H2/t9?,10?,11-/m0/s1. The van der Waals surface area contributed by atoms with Crippen molar-refractivity contribution in [3.8, 4) is 0 Å². The first kappa shape index (κ1) is 10.5. The van der Waals surface area contributed by atoms with E-state index in [1.807, 2.05) is 0 Å². The van der Waals surface area contributed by atoms with Gasteiger partial charge in [0.15, 0.2) is 0 Å². The summed E-state index contributed by atoms with van der Waals surface area (Å²) < 4.78 is 0. The van der Waals surface area contributed by atoms with E-state index in [2.05, 4.69) is 15.5 Å². The van der Waals surface area contributed by atoms with E-state index in [1.54, 1.807) is 0 Å². The summed E-state index contributed by atoms with van der Waals surface area (Å²) in [6.45, 7) is 4.07. The maximum atomic E-state index is 12.3. The number of hydrogen-bond acceptors (Lipinski definition) is 3. The maximum Gasteiger partial charge on any atom is 0.239 e. The SMILES string of the molecule is O=C([C@@H]1CCCN1)N1CC2CCNC(C2)C1. The average molecular weight is 223 g/mol. The van der Waals surface area contributed by atoms with Crippen LogP contribution < -0.4 is 10.6 Å². The number of carbonyl (C=O) groups is 1. The van der Waals surface area contributed by atoms with Crippen LogP contribution in [0.25, 0.3) is 0 Å². The van der Waals surface area contributed by atoms with Crippen LogP contribution in [0.3, 0.4) is 0 Å². The van der Waals surface area contributed by atoms with Gasteiger partial charge in [0.05, 0.1) is 6.04 Å². The smallest absolute Gasteiger partial charge is 0.239 e. The van der Waals surface area contributed by atoms with Gasteiger partial charge in [-0.05, 0) is 44.7 Å². The highest BCUT2D eigenvalue weighted by atomic mass is 16.2. The number of nitrogens with one attached hydrogen (secondary N) is 2. The summed E-state index contributed by atoms with van der Waals surface area (Å²) in [6, 6.07) is 0.664. The summed E-state index contributed by atoms with van der Waals surface area (Å²) in [5.74, 6) is 1.08.